The molecular formula is C13H20N2O3. The lowest BCUT2D eigenvalue weighted by Crippen LogP contribution is -2.24. The van der Waals surface area contributed by atoms with Crippen molar-refractivity contribution < 1.29 is 14.6 Å². The van der Waals surface area contributed by atoms with E-state index in [2.05, 4.69) is 4.98 Å². The summed E-state index contributed by atoms with van der Waals surface area (Å²) in [6, 6.07) is 3.21. The molecule has 5 heteroatoms. The fourth-order valence-corrected chi connectivity index (χ4v) is 1.49. The first kappa shape index (κ1) is 14.4. The minimum absolute atomic E-state index is 0.193. The topological polar surface area (TPSA) is 62.7 Å². The van der Waals surface area contributed by atoms with Crippen LogP contribution in [0.4, 0.5) is 5.82 Å². The number of nitrogens with zero attached hydrogens (tertiary/aromatic N) is 2. The molecule has 0 saturated heterocycles. The summed E-state index contributed by atoms with van der Waals surface area (Å²) in [7, 11) is 3.51. The third-order valence-electron chi connectivity index (χ3n) is 2.69. The van der Waals surface area contributed by atoms with Gasteiger partial charge in [-0.25, -0.2) is 9.78 Å². The summed E-state index contributed by atoms with van der Waals surface area (Å²) in [6.07, 6.45) is 0. The molecule has 0 aromatic carbocycles. The third-order valence-corrected chi connectivity index (χ3v) is 2.69. The first-order valence-corrected chi connectivity index (χ1v) is 5.91. The van der Waals surface area contributed by atoms with Gasteiger partial charge < -0.3 is 14.7 Å². The molecular weight excluding hydrogens is 232 g/mol. The van der Waals surface area contributed by atoms with Crippen LogP contribution in [0.2, 0.25) is 0 Å². The summed E-state index contributed by atoms with van der Waals surface area (Å²) in [6.45, 7) is 5.23. The van der Waals surface area contributed by atoms with Crippen LogP contribution in [0.25, 0.3) is 0 Å². The number of ether oxygens (including phenoxy) is 1. The first-order chi connectivity index (χ1) is 8.45. The standard InChI is InChI=1S/C13H20N2O3/c1-9(2)11-7-10(13(16)17)8-12(14-11)15(3)5-6-18-4/h7-9H,5-6H2,1-4H3,(H,16,17). The van der Waals surface area contributed by atoms with Gasteiger partial charge in [0.05, 0.1) is 12.2 Å². The van der Waals surface area contributed by atoms with Crippen LogP contribution in [0, 0.1) is 0 Å². The molecule has 5 nitrogen and oxygen atoms in total. The molecule has 0 aliphatic rings. The van der Waals surface area contributed by atoms with Gasteiger partial charge in [-0.15, -0.1) is 0 Å². The van der Waals surface area contributed by atoms with Gasteiger partial charge in [0.25, 0.3) is 0 Å². The van der Waals surface area contributed by atoms with E-state index in [1.807, 2.05) is 25.8 Å². The average Bonchev–Trinajstić information content (AvgIpc) is 2.35. The molecule has 1 aromatic rings. The van der Waals surface area contributed by atoms with Crippen LogP contribution in [0.1, 0.15) is 35.8 Å². The molecule has 0 aliphatic heterocycles. The maximum atomic E-state index is 11.1. The van der Waals surface area contributed by atoms with E-state index in [1.165, 1.54) is 0 Å². The predicted molar refractivity (Wildman–Crippen MR) is 70.4 cm³/mol. The smallest absolute Gasteiger partial charge is 0.335 e. The van der Waals surface area contributed by atoms with E-state index in [-0.39, 0.29) is 11.5 Å². The van der Waals surface area contributed by atoms with E-state index >= 15 is 0 Å². The highest BCUT2D eigenvalue weighted by atomic mass is 16.5. The largest absolute Gasteiger partial charge is 0.478 e. The Labute approximate surface area is 107 Å². The molecule has 0 bridgehead atoms. The second kappa shape index (κ2) is 6.35. The zero-order chi connectivity index (χ0) is 13.7. The van der Waals surface area contributed by atoms with Crippen LogP contribution < -0.4 is 4.90 Å². The molecule has 1 aromatic heterocycles. The lowest BCUT2D eigenvalue weighted by Gasteiger charge is -2.19. The molecule has 0 aliphatic carbocycles. The van der Waals surface area contributed by atoms with Crippen molar-refractivity contribution >= 4 is 11.8 Å². The Kier molecular flexibility index (Phi) is 5.09. The van der Waals surface area contributed by atoms with Crippen LogP contribution in [-0.4, -0.2) is 43.4 Å². The molecule has 1 N–H and O–H groups in total. The van der Waals surface area contributed by atoms with Gasteiger partial charge in [-0.2, -0.15) is 0 Å². The normalized spacial score (nSPS) is 10.7. The number of carbonyl (C=O) groups is 1. The van der Waals surface area contributed by atoms with Crippen LogP contribution in [-0.2, 0) is 4.74 Å². The van der Waals surface area contributed by atoms with E-state index in [0.717, 1.165) is 5.69 Å². The Morgan fingerprint density at radius 1 is 1.50 bits per heavy atom. The SMILES string of the molecule is COCCN(C)c1cc(C(=O)O)cc(C(C)C)n1. The maximum absolute atomic E-state index is 11.1. The van der Waals surface area contributed by atoms with Crippen molar-refractivity contribution in [3.05, 3.63) is 23.4 Å². The fraction of sp³-hybridized carbons (Fsp3) is 0.538. The number of rotatable bonds is 6. The summed E-state index contributed by atoms with van der Waals surface area (Å²) in [5, 5.41) is 9.10. The van der Waals surface area contributed by atoms with Crippen molar-refractivity contribution in [3.63, 3.8) is 0 Å². The van der Waals surface area contributed by atoms with E-state index < -0.39 is 5.97 Å². The summed E-state index contributed by atoms with van der Waals surface area (Å²) in [5.74, 6) is -0.0739. The number of likely N-dealkylation sites (N-methyl/N-ethyl adjacent to an activating group) is 1. The van der Waals surface area contributed by atoms with Gasteiger partial charge in [-0.1, -0.05) is 13.8 Å². The second-order valence-corrected chi connectivity index (χ2v) is 4.51. The molecule has 0 atom stereocenters. The number of anilines is 1. The zero-order valence-corrected chi connectivity index (χ0v) is 11.3. The molecule has 0 fully saturated rings. The number of carboxylic acids is 1. The number of aromatic carboxylic acids is 1. The Bertz CT molecular complexity index is 419. The minimum Gasteiger partial charge on any atom is -0.478 e. The van der Waals surface area contributed by atoms with Gasteiger partial charge in [-0.05, 0) is 18.1 Å². The Morgan fingerprint density at radius 2 is 2.17 bits per heavy atom. The molecule has 18 heavy (non-hydrogen) atoms. The quantitative estimate of drug-likeness (QED) is 0.838. The predicted octanol–water partition coefficient (Wildman–Crippen LogP) is 1.99. The van der Waals surface area contributed by atoms with Crippen LogP contribution in [0.15, 0.2) is 12.1 Å². The summed E-state index contributed by atoms with van der Waals surface area (Å²) >= 11 is 0. The molecule has 0 saturated carbocycles. The van der Waals surface area contributed by atoms with Gasteiger partial charge in [0.2, 0.25) is 0 Å². The van der Waals surface area contributed by atoms with Crippen LogP contribution >= 0.6 is 0 Å². The van der Waals surface area contributed by atoms with Crippen molar-refractivity contribution in [1.29, 1.82) is 0 Å². The monoisotopic (exact) mass is 252 g/mol. The van der Waals surface area contributed by atoms with E-state index in [1.54, 1.807) is 19.2 Å². The van der Waals surface area contributed by atoms with Gasteiger partial charge in [0, 0.05) is 26.4 Å². The van der Waals surface area contributed by atoms with Gasteiger partial charge >= 0.3 is 5.97 Å². The minimum atomic E-state index is -0.930. The zero-order valence-electron chi connectivity index (χ0n) is 11.3. The third kappa shape index (κ3) is 3.70. The highest BCUT2D eigenvalue weighted by molar-refractivity contribution is 5.88. The summed E-state index contributed by atoms with van der Waals surface area (Å²) in [4.78, 5) is 17.5. The molecule has 1 heterocycles. The van der Waals surface area contributed by atoms with Gasteiger partial charge in [-0.3, -0.25) is 0 Å². The van der Waals surface area contributed by atoms with Crippen LogP contribution in [0.5, 0.6) is 0 Å². The first-order valence-electron chi connectivity index (χ1n) is 5.91. The lowest BCUT2D eigenvalue weighted by atomic mass is 10.1. The molecule has 0 radical (unpaired) electrons. The van der Waals surface area contributed by atoms with Crippen molar-refractivity contribution in [3.8, 4) is 0 Å². The number of aromatic nitrogens is 1. The number of hydrogen-bond acceptors (Lipinski definition) is 4. The number of carboxylic acid groups (broad SMARTS) is 1. The Hall–Kier alpha value is -1.62. The fourth-order valence-electron chi connectivity index (χ4n) is 1.49. The molecule has 0 amide bonds. The highest BCUT2D eigenvalue weighted by Crippen LogP contribution is 2.19. The molecule has 100 valence electrons. The van der Waals surface area contributed by atoms with Crippen molar-refractivity contribution in [2.45, 2.75) is 19.8 Å². The van der Waals surface area contributed by atoms with Crippen molar-refractivity contribution in [2.24, 2.45) is 0 Å². The van der Waals surface area contributed by atoms with Crippen LogP contribution in [0.3, 0.4) is 0 Å². The maximum Gasteiger partial charge on any atom is 0.335 e. The van der Waals surface area contributed by atoms with E-state index in [9.17, 15) is 4.79 Å². The Balaban J connectivity index is 3.06. The molecule has 1 rings (SSSR count). The second-order valence-electron chi connectivity index (χ2n) is 4.51. The van der Waals surface area contributed by atoms with Crippen molar-refractivity contribution in [2.75, 3.05) is 32.2 Å². The molecule has 0 spiro atoms. The van der Waals surface area contributed by atoms with E-state index in [0.29, 0.717) is 19.0 Å². The average molecular weight is 252 g/mol. The van der Waals surface area contributed by atoms with Gasteiger partial charge in [0.15, 0.2) is 0 Å². The van der Waals surface area contributed by atoms with E-state index in [4.69, 9.17) is 9.84 Å². The summed E-state index contributed by atoms with van der Waals surface area (Å²) in [5.41, 5.74) is 1.06. The number of pyridine rings is 1. The number of hydrogen-bond donors (Lipinski definition) is 1. The van der Waals surface area contributed by atoms with Crippen molar-refractivity contribution in [1.82, 2.24) is 4.98 Å². The lowest BCUT2D eigenvalue weighted by molar-refractivity contribution is 0.0696. The molecule has 0 unspecified atom stereocenters. The highest BCUT2D eigenvalue weighted by Gasteiger charge is 2.12. The summed E-state index contributed by atoms with van der Waals surface area (Å²) < 4.78 is 5.00. The number of methoxy groups -OCH3 is 1. The van der Waals surface area contributed by atoms with Gasteiger partial charge in [0.1, 0.15) is 5.82 Å². The Morgan fingerprint density at radius 3 is 2.67 bits per heavy atom.